The monoisotopic (exact) mass is 311 g/mol. The van der Waals surface area contributed by atoms with Crippen molar-refractivity contribution in [3.63, 3.8) is 0 Å². The lowest BCUT2D eigenvalue weighted by Crippen LogP contribution is -2.17. The van der Waals surface area contributed by atoms with Gasteiger partial charge in [-0.2, -0.15) is 5.10 Å². The Kier molecular flexibility index (Phi) is 5.19. The number of phenolic OH excluding ortho intramolecular Hbond substituents is 1. The van der Waals surface area contributed by atoms with E-state index in [0.717, 1.165) is 0 Å². The Morgan fingerprint density at radius 2 is 2.00 bits per heavy atom. The number of non-ortho nitro benzene ring substituents is 1. The molecule has 23 heavy (non-hydrogen) atoms. The van der Waals surface area contributed by atoms with Crippen molar-refractivity contribution in [2.45, 2.75) is 0 Å². The van der Waals surface area contributed by atoms with Crippen molar-refractivity contribution in [1.29, 1.82) is 0 Å². The van der Waals surface area contributed by atoms with E-state index in [1.165, 1.54) is 36.6 Å². The van der Waals surface area contributed by atoms with E-state index in [1.807, 2.05) is 0 Å². The molecule has 0 unspecified atom stereocenters. The average molecular weight is 311 g/mol. The molecule has 0 bridgehead atoms. The Morgan fingerprint density at radius 3 is 2.74 bits per heavy atom. The number of amides is 1. The van der Waals surface area contributed by atoms with Gasteiger partial charge >= 0.3 is 0 Å². The Bertz CT molecular complexity index is 784. The lowest BCUT2D eigenvalue weighted by atomic mass is 10.2. The van der Waals surface area contributed by atoms with Crippen LogP contribution in [0.3, 0.4) is 0 Å². The summed E-state index contributed by atoms with van der Waals surface area (Å²) < 4.78 is 0. The number of para-hydroxylation sites is 1. The van der Waals surface area contributed by atoms with Gasteiger partial charge in [0, 0.05) is 18.3 Å². The Labute approximate surface area is 131 Å². The zero-order valence-corrected chi connectivity index (χ0v) is 11.9. The second kappa shape index (κ2) is 7.51. The smallest absolute Gasteiger partial charge is 0.275 e. The molecule has 7 nitrogen and oxygen atoms in total. The molecule has 0 aliphatic carbocycles. The number of nitrogens with one attached hydrogen (secondary N) is 1. The van der Waals surface area contributed by atoms with E-state index in [-0.39, 0.29) is 17.0 Å². The molecule has 7 heteroatoms. The van der Waals surface area contributed by atoms with E-state index in [4.69, 9.17) is 0 Å². The van der Waals surface area contributed by atoms with Crippen LogP contribution in [0.1, 0.15) is 15.9 Å². The first-order valence-corrected chi connectivity index (χ1v) is 6.60. The lowest BCUT2D eigenvalue weighted by Gasteiger charge is -2.01. The number of nitro benzene ring substituents is 1. The van der Waals surface area contributed by atoms with Gasteiger partial charge in [0.1, 0.15) is 5.75 Å². The topological polar surface area (TPSA) is 105 Å². The highest BCUT2D eigenvalue weighted by molar-refractivity contribution is 5.97. The van der Waals surface area contributed by atoms with E-state index >= 15 is 0 Å². The molecular formula is C16H13N3O4. The highest BCUT2D eigenvalue weighted by Crippen LogP contribution is 2.15. The number of aromatic hydroxyl groups is 1. The first-order valence-electron chi connectivity index (χ1n) is 6.60. The quantitative estimate of drug-likeness (QED) is 0.503. The predicted molar refractivity (Wildman–Crippen MR) is 86.2 cm³/mol. The van der Waals surface area contributed by atoms with Gasteiger partial charge in [-0.15, -0.1) is 0 Å². The standard InChI is InChI=1S/C16H13N3O4/c20-15-9-2-1-8-14(15)16(21)18-17-10-4-6-12-5-3-7-13(11-12)19(22)23/h1-11,20H,(H,18,21). The number of hydrogen-bond donors (Lipinski definition) is 2. The van der Waals surface area contributed by atoms with Crippen molar-refractivity contribution in [3.8, 4) is 5.75 Å². The van der Waals surface area contributed by atoms with E-state index < -0.39 is 10.8 Å². The Morgan fingerprint density at radius 1 is 1.22 bits per heavy atom. The van der Waals surface area contributed by atoms with Gasteiger partial charge in [-0.1, -0.05) is 30.3 Å². The van der Waals surface area contributed by atoms with Crippen molar-refractivity contribution in [3.05, 3.63) is 75.8 Å². The number of carbonyl (C=O) groups is 1. The number of benzene rings is 2. The van der Waals surface area contributed by atoms with Crippen LogP contribution in [0.2, 0.25) is 0 Å². The summed E-state index contributed by atoms with van der Waals surface area (Å²) in [6.07, 6.45) is 4.48. The number of rotatable bonds is 5. The molecule has 0 atom stereocenters. The number of nitrogens with zero attached hydrogens (tertiary/aromatic N) is 2. The van der Waals surface area contributed by atoms with Crippen molar-refractivity contribution >= 4 is 23.9 Å². The lowest BCUT2D eigenvalue weighted by molar-refractivity contribution is -0.384. The van der Waals surface area contributed by atoms with Crippen molar-refractivity contribution in [1.82, 2.24) is 5.43 Å². The third-order valence-electron chi connectivity index (χ3n) is 2.85. The molecule has 0 aromatic heterocycles. The summed E-state index contributed by atoms with van der Waals surface area (Å²) in [4.78, 5) is 21.9. The highest BCUT2D eigenvalue weighted by Gasteiger charge is 2.08. The van der Waals surface area contributed by atoms with Crippen LogP contribution in [0.4, 0.5) is 5.69 Å². The Hall–Kier alpha value is -3.48. The van der Waals surface area contributed by atoms with Crippen LogP contribution in [0.15, 0.2) is 59.7 Å². The maximum absolute atomic E-state index is 11.7. The fourth-order valence-corrected chi connectivity index (χ4v) is 1.76. The molecule has 1 amide bonds. The average Bonchev–Trinajstić information content (AvgIpc) is 2.55. The maximum Gasteiger partial charge on any atom is 0.275 e. The summed E-state index contributed by atoms with van der Waals surface area (Å²) >= 11 is 0. The largest absolute Gasteiger partial charge is 0.507 e. The van der Waals surface area contributed by atoms with Gasteiger partial charge in [0.2, 0.25) is 0 Å². The first kappa shape index (κ1) is 15.9. The molecule has 2 rings (SSSR count). The molecule has 0 aliphatic heterocycles. The minimum atomic E-state index is -0.539. The van der Waals surface area contributed by atoms with Gasteiger partial charge in [-0.05, 0) is 23.8 Å². The number of carbonyl (C=O) groups excluding carboxylic acids is 1. The van der Waals surface area contributed by atoms with Gasteiger partial charge in [-0.3, -0.25) is 14.9 Å². The molecule has 0 saturated carbocycles. The SMILES string of the molecule is O=C(NN=CC=Cc1cccc([N+](=O)[O-])c1)c1ccccc1O. The molecule has 0 heterocycles. The van der Waals surface area contributed by atoms with E-state index in [9.17, 15) is 20.0 Å². The predicted octanol–water partition coefficient (Wildman–Crippen LogP) is 2.73. The van der Waals surface area contributed by atoms with Gasteiger partial charge < -0.3 is 5.11 Å². The van der Waals surface area contributed by atoms with E-state index in [0.29, 0.717) is 5.56 Å². The number of hydrazone groups is 1. The highest BCUT2D eigenvalue weighted by atomic mass is 16.6. The molecule has 2 aromatic carbocycles. The van der Waals surface area contributed by atoms with Crippen molar-refractivity contribution in [2.75, 3.05) is 0 Å². The van der Waals surface area contributed by atoms with Gasteiger partial charge in [0.25, 0.3) is 11.6 Å². The fourth-order valence-electron chi connectivity index (χ4n) is 1.76. The zero-order chi connectivity index (χ0) is 16.7. The van der Waals surface area contributed by atoms with Crippen LogP contribution < -0.4 is 5.43 Å². The van der Waals surface area contributed by atoms with Crippen molar-refractivity contribution in [2.24, 2.45) is 5.10 Å². The van der Waals surface area contributed by atoms with Gasteiger partial charge in [-0.25, -0.2) is 5.43 Å². The van der Waals surface area contributed by atoms with Crippen LogP contribution in [-0.4, -0.2) is 22.2 Å². The molecule has 2 N–H and O–H groups in total. The van der Waals surface area contributed by atoms with Crippen LogP contribution >= 0.6 is 0 Å². The summed E-state index contributed by atoms with van der Waals surface area (Å²) in [5.74, 6) is -0.671. The summed E-state index contributed by atoms with van der Waals surface area (Å²) in [6, 6.07) is 12.2. The van der Waals surface area contributed by atoms with Crippen LogP contribution in [0, 0.1) is 10.1 Å². The third kappa shape index (κ3) is 4.50. The maximum atomic E-state index is 11.7. The molecule has 116 valence electrons. The minimum Gasteiger partial charge on any atom is -0.507 e. The summed E-state index contributed by atoms with van der Waals surface area (Å²) in [6.45, 7) is 0. The molecule has 0 radical (unpaired) electrons. The molecule has 0 spiro atoms. The summed E-state index contributed by atoms with van der Waals surface area (Å²) in [5.41, 5.74) is 3.02. The third-order valence-corrected chi connectivity index (χ3v) is 2.85. The van der Waals surface area contributed by atoms with Crippen molar-refractivity contribution < 1.29 is 14.8 Å². The zero-order valence-electron chi connectivity index (χ0n) is 11.9. The summed E-state index contributed by atoms with van der Waals surface area (Å²) in [7, 11) is 0. The minimum absolute atomic E-state index is 0.00283. The van der Waals surface area contributed by atoms with Gasteiger partial charge in [0.05, 0.1) is 10.5 Å². The molecule has 0 fully saturated rings. The Balaban J connectivity index is 1.94. The van der Waals surface area contributed by atoms with Gasteiger partial charge in [0.15, 0.2) is 0 Å². The molecule has 0 aliphatic rings. The second-order valence-corrected chi connectivity index (χ2v) is 4.45. The number of hydrogen-bond acceptors (Lipinski definition) is 5. The molecular weight excluding hydrogens is 298 g/mol. The number of nitro groups is 1. The van der Waals surface area contributed by atoms with Crippen LogP contribution in [0.5, 0.6) is 5.75 Å². The number of allylic oxidation sites excluding steroid dienone is 1. The normalized spacial score (nSPS) is 11.0. The summed E-state index contributed by atoms with van der Waals surface area (Å²) in [5, 5.41) is 23.9. The molecule has 0 saturated heterocycles. The first-order chi connectivity index (χ1) is 11.1. The van der Waals surface area contributed by atoms with E-state index in [2.05, 4.69) is 10.5 Å². The second-order valence-electron chi connectivity index (χ2n) is 4.45. The molecule has 2 aromatic rings. The van der Waals surface area contributed by atoms with E-state index in [1.54, 1.807) is 30.3 Å². The number of phenols is 1. The van der Waals surface area contributed by atoms with Crippen LogP contribution in [0.25, 0.3) is 6.08 Å². The van der Waals surface area contributed by atoms with Crippen LogP contribution in [-0.2, 0) is 0 Å². The fraction of sp³-hybridized carbons (Fsp3) is 0.